The van der Waals surface area contributed by atoms with Gasteiger partial charge in [-0.25, -0.2) is 15.0 Å². The highest BCUT2D eigenvalue weighted by molar-refractivity contribution is 6.00. The lowest BCUT2D eigenvalue weighted by molar-refractivity contribution is 0.101. The van der Waals surface area contributed by atoms with Crippen molar-refractivity contribution in [1.29, 1.82) is 0 Å². The number of nitrogens with one attached hydrogen (secondary N) is 3. The fraction of sp³-hybridized carbons (Fsp3) is 0.435. The number of carbonyl (C=O) groups excluding carboxylic acids is 1. The van der Waals surface area contributed by atoms with E-state index in [4.69, 9.17) is 5.11 Å². The Kier molecular flexibility index (Phi) is 6.95. The maximum absolute atomic E-state index is 13.3. The van der Waals surface area contributed by atoms with Crippen LogP contribution in [-0.4, -0.2) is 50.2 Å². The molecule has 33 heavy (non-hydrogen) atoms. The largest absolute Gasteiger partial charge is 0.381 e. The SMILES string of the molecule is CC(=O)c1c(C)c2cnc(Nc3cnc(NCCNCO)cn3)cc2n(C2CCCC2)c1=O. The van der Waals surface area contributed by atoms with Crippen LogP contribution in [0.15, 0.2) is 29.5 Å². The molecule has 1 fully saturated rings. The Labute approximate surface area is 191 Å². The van der Waals surface area contributed by atoms with Gasteiger partial charge in [-0.3, -0.25) is 14.9 Å². The molecular weight excluding hydrogens is 422 g/mol. The van der Waals surface area contributed by atoms with E-state index in [9.17, 15) is 9.59 Å². The Morgan fingerprint density at radius 2 is 1.79 bits per heavy atom. The summed E-state index contributed by atoms with van der Waals surface area (Å²) in [5.41, 5.74) is 1.47. The first-order valence-electron chi connectivity index (χ1n) is 11.2. The number of aliphatic hydroxyl groups is 1. The summed E-state index contributed by atoms with van der Waals surface area (Å²) in [7, 11) is 0. The molecule has 0 aliphatic heterocycles. The molecule has 0 radical (unpaired) electrons. The molecule has 1 saturated carbocycles. The first-order valence-corrected chi connectivity index (χ1v) is 11.2. The Morgan fingerprint density at radius 3 is 2.45 bits per heavy atom. The molecule has 3 heterocycles. The molecule has 0 aromatic carbocycles. The number of hydrogen-bond acceptors (Lipinski definition) is 9. The Balaban J connectivity index is 1.65. The number of nitrogens with zero attached hydrogens (tertiary/aromatic N) is 4. The average molecular weight is 452 g/mol. The summed E-state index contributed by atoms with van der Waals surface area (Å²) in [5, 5.41) is 18.6. The van der Waals surface area contributed by atoms with Crippen LogP contribution in [-0.2, 0) is 0 Å². The third-order valence-electron chi connectivity index (χ3n) is 6.02. The summed E-state index contributed by atoms with van der Waals surface area (Å²) < 4.78 is 1.79. The second kappa shape index (κ2) is 10.1. The predicted molar refractivity (Wildman–Crippen MR) is 127 cm³/mol. The van der Waals surface area contributed by atoms with Crippen molar-refractivity contribution < 1.29 is 9.90 Å². The first-order chi connectivity index (χ1) is 16.0. The molecule has 0 amide bonds. The van der Waals surface area contributed by atoms with E-state index in [1.807, 2.05) is 13.0 Å². The number of aryl methyl sites for hydroxylation is 1. The molecule has 0 saturated heterocycles. The number of pyridine rings is 2. The molecule has 0 unspecified atom stereocenters. The molecular formula is C23H29N7O3. The Morgan fingerprint density at radius 1 is 1.09 bits per heavy atom. The number of aromatic nitrogens is 4. The summed E-state index contributed by atoms with van der Waals surface area (Å²) in [6, 6.07) is 1.93. The number of ketones is 1. The quantitative estimate of drug-likeness (QED) is 0.220. The van der Waals surface area contributed by atoms with Gasteiger partial charge in [-0.1, -0.05) is 12.8 Å². The van der Waals surface area contributed by atoms with Gasteiger partial charge in [0.15, 0.2) is 5.78 Å². The molecule has 1 aliphatic rings. The Hall–Kier alpha value is -3.37. The zero-order valence-electron chi connectivity index (χ0n) is 18.9. The van der Waals surface area contributed by atoms with Crippen molar-refractivity contribution in [3.63, 3.8) is 0 Å². The molecule has 1 aliphatic carbocycles. The fourth-order valence-corrected chi connectivity index (χ4v) is 4.44. The minimum absolute atomic E-state index is 0.0703. The van der Waals surface area contributed by atoms with Gasteiger partial charge in [-0.15, -0.1) is 0 Å². The molecule has 0 bridgehead atoms. The van der Waals surface area contributed by atoms with Gasteiger partial charge < -0.3 is 20.3 Å². The highest BCUT2D eigenvalue weighted by Crippen LogP contribution is 2.33. The highest BCUT2D eigenvalue weighted by Gasteiger charge is 2.25. The molecule has 3 aromatic rings. The van der Waals surface area contributed by atoms with E-state index >= 15 is 0 Å². The summed E-state index contributed by atoms with van der Waals surface area (Å²) in [6.07, 6.45) is 8.92. The van der Waals surface area contributed by atoms with Crippen molar-refractivity contribution in [1.82, 2.24) is 24.8 Å². The number of rotatable bonds is 9. The second-order valence-corrected chi connectivity index (χ2v) is 8.25. The summed E-state index contributed by atoms with van der Waals surface area (Å²) in [6.45, 7) is 4.39. The Bertz CT molecular complexity index is 1200. The lowest BCUT2D eigenvalue weighted by Crippen LogP contribution is -2.30. The van der Waals surface area contributed by atoms with Gasteiger partial charge >= 0.3 is 0 Å². The molecule has 0 spiro atoms. The van der Waals surface area contributed by atoms with Crippen LogP contribution in [0.25, 0.3) is 10.9 Å². The predicted octanol–water partition coefficient (Wildman–Crippen LogP) is 2.51. The fourth-order valence-electron chi connectivity index (χ4n) is 4.44. The lowest BCUT2D eigenvalue weighted by atomic mass is 10.0. The second-order valence-electron chi connectivity index (χ2n) is 8.25. The first kappa shape index (κ1) is 22.8. The average Bonchev–Trinajstić information content (AvgIpc) is 3.32. The number of hydrogen-bond donors (Lipinski definition) is 4. The van der Waals surface area contributed by atoms with Crippen LogP contribution in [0.4, 0.5) is 17.5 Å². The van der Waals surface area contributed by atoms with Gasteiger partial charge in [-0.2, -0.15) is 0 Å². The van der Waals surface area contributed by atoms with Gasteiger partial charge in [0.05, 0.1) is 30.2 Å². The van der Waals surface area contributed by atoms with Gasteiger partial charge in [0.25, 0.3) is 5.56 Å². The number of carbonyl (C=O) groups is 1. The lowest BCUT2D eigenvalue weighted by Gasteiger charge is -2.20. The minimum Gasteiger partial charge on any atom is -0.381 e. The zero-order chi connectivity index (χ0) is 23.4. The van der Waals surface area contributed by atoms with Gasteiger partial charge in [-0.05, 0) is 32.3 Å². The zero-order valence-corrected chi connectivity index (χ0v) is 18.9. The number of aliphatic hydroxyl groups excluding tert-OH is 1. The smallest absolute Gasteiger partial charge is 0.262 e. The van der Waals surface area contributed by atoms with E-state index in [0.717, 1.165) is 36.6 Å². The normalized spacial score (nSPS) is 14.0. The molecule has 0 atom stereocenters. The number of Topliss-reactive ketones (excluding diaryl/α,β-unsaturated/α-hetero) is 1. The molecule has 3 aromatic heterocycles. The van der Waals surface area contributed by atoms with E-state index in [1.54, 1.807) is 23.2 Å². The van der Waals surface area contributed by atoms with Crippen molar-refractivity contribution in [2.24, 2.45) is 0 Å². The van der Waals surface area contributed by atoms with Crippen LogP contribution in [0.5, 0.6) is 0 Å². The monoisotopic (exact) mass is 451 g/mol. The van der Waals surface area contributed by atoms with Crippen molar-refractivity contribution >= 4 is 34.1 Å². The van der Waals surface area contributed by atoms with Crippen LogP contribution in [0, 0.1) is 6.92 Å². The van der Waals surface area contributed by atoms with Crippen molar-refractivity contribution in [3.05, 3.63) is 46.1 Å². The van der Waals surface area contributed by atoms with Crippen LogP contribution in [0.1, 0.15) is 54.6 Å². The third kappa shape index (κ3) is 4.86. The van der Waals surface area contributed by atoms with E-state index in [1.165, 1.54) is 6.92 Å². The van der Waals surface area contributed by atoms with Crippen LogP contribution in [0.2, 0.25) is 0 Å². The van der Waals surface area contributed by atoms with Crippen molar-refractivity contribution in [3.8, 4) is 0 Å². The maximum Gasteiger partial charge on any atom is 0.262 e. The molecule has 4 rings (SSSR count). The number of fused-ring (bicyclic) bond motifs is 1. The minimum atomic E-state index is -0.220. The van der Waals surface area contributed by atoms with E-state index < -0.39 is 0 Å². The molecule has 10 heteroatoms. The van der Waals surface area contributed by atoms with Crippen LogP contribution < -0.4 is 21.5 Å². The molecule has 174 valence electrons. The van der Waals surface area contributed by atoms with Crippen LogP contribution in [0.3, 0.4) is 0 Å². The van der Waals surface area contributed by atoms with E-state index in [2.05, 4.69) is 30.9 Å². The summed E-state index contributed by atoms with van der Waals surface area (Å²) >= 11 is 0. The van der Waals surface area contributed by atoms with Gasteiger partial charge in [0, 0.05) is 36.8 Å². The van der Waals surface area contributed by atoms with E-state index in [-0.39, 0.29) is 29.7 Å². The summed E-state index contributed by atoms with van der Waals surface area (Å²) in [4.78, 5) is 38.8. The molecule has 4 N–H and O–H groups in total. The highest BCUT2D eigenvalue weighted by atomic mass is 16.3. The molecule has 10 nitrogen and oxygen atoms in total. The standard InChI is InChI=1S/C23H29N7O3/c1-14-17-10-26-19(29-21-12-27-20(11-28-21)25-8-7-24-13-31)9-18(17)30(16-5-3-4-6-16)23(33)22(14)15(2)32/h9-12,16,24,31H,3-8,13H2,1-2H3,(H,25,27)(H,26,28,29). The summed E-state index contributed by atoms with van der Waals surface area (Å²) in [5.74, 6) is 1.47. The maximum atomic E-state index is 13.3. The van der Waals surface area contributed by atoms with E-state index in [0.29, 0.717) is 36.1 Å². The topological polar surface area (TPSA) is 134 Å². The van der Waals surface area contributed by atoms with Gasteiger partial charge in [0.2, 0.25) is 0 Å². The van der Waals surface area contributed by atoms with Gasteiger partial charge in [0.1, 0.15) is 17.5 Å². The van der Waals surface area contributed by atoms with Crippen molar-refractivity contribution in [2.75, 3.05) is 30.5 Å². The van der Waals surface area contributed by atoms with Crippen molar-refractivity contribution in [2.45, 2.75) is 45.6 Å². The van der Waals surface area contributed by atoms with Crippen LogP contribution >= 0.6 is 0 Å². The number of anilines is 3. The third-order valence-corrected chi connectivity index (χ3v) is 6.02.